The smallest absolute Gasteiger partial charge is 0.229 e. The van der Waals surface area contributed by atoms with Crippen molar-refractivity contribution in [1.82, 2.24) is 4.90 Å². The van der Waals surface area contributed by atoms with E-state index in [0.717, 1.165) is 6.29 Å². The van der Waals surface area contributed by atoms with E-state index in [-0.39, 0.29) is 24.3 Å². The molecule has 0 aromatic heterocycles. The van der Waals surface area contributed by atoms with Crippen molar-refractivity contribution < 1.29 is 14.4 Å². The Bertz CT molecular complexity index is 221. The third-order valence-electron chi connectivity index (χ3n) is 2.09. The number of imide groups is 1. The number of hydrogen-bond donors (Lipinski definition) is 0. The van der Waals surface area contributed by atoms with Gasteiger partial charge in [-0.25, -0.2) is 0 Å². The number of carbonyl (C=O) groups is 3. The highest BCUT2D eigenvalue weighted by Gasteiger charge is 2.26. The van der Waals surface area contributed by atoms with Crippen molar-refractivity contribution >= 4 is 18.1 Å². The van der Waals surface area contributed by atoms with Gasteiger partial charge in [0.15, 0.2) is 0 Å². The Morgan fingerprint density at radius 1 is 1.38 bits per heavy atom. The molecule has 0 spiro atoms. The van der Waals surface area contributed by atoms with Crippen LogP contribution < -0.4 is 0 Å². The summed E-state index contributed by atoms with van der Waals surface area (Å²) in [7, 11) is 0. The SMILES string of the molecule is CC(C=O)CN1C(=O)CCCC1=O. The van der Waals surface area contributed by atoms with Crippen LogP contribution in [0, 0.1) is 5.92 Å². The van der Waals surface area contributed by atoms with Crippen LogP contribution in [0.3, 0.4) is 0 Å². The zero-order chi connectivity index (χ0) is 9.84. The third-order valence-corrected chi connectivity index (χ3v) is 2.09. The first-order valence-corrected chi connectivity index (χ1v) is 4.43. The van der Waals surface area contributed by atoms with E-state index < -0.39 is 0 Å². The zero-order valence-electron chi connectivity index (χ0n) is 7.66. The van der Waals surface area contributed by atoms with Gasteiger partial charge in [0.25, 0.3) is 0 Å². The normalized spacial score (nSPS) is 20.2. The molecule has 72 valence electrons. The van der Waals surface area contributed by atoms with Crippen molar-refractivity contribution in [2.24, 2.45) is 5.92 Å². The average Bonchev–Trinajstić information content (AvgIpc) is 2.11. The van der Waals surface area contributed by atoms with Gasteiger partial charge < -0.3 is 4.79 Å². The molecule has 13 heavy (non-hydrogen) atoms. The largest absolute Gasteiger partial charge is 0.303 e. The fourth-order valence-corrected chi connectivity index (χ4v) is 1.33. The van der Waals surface area contributed by atoms with Gasteiger partial charge in [-0.05, 0) is 6.42 Å². The minimum atomic E-state index is -0.258. The molecule has 0 radical (unpaired) electrons. The molecule has 0 aromatic rings. The topological polar surface area (TPSA) is 54.5 Å². The summed E-state index contributed by atoms with van der Waals surface area (Å²) >= 11 is 0. The number of hydrogen-bond acceptors (Lipinski definition) is 3. The number of amides is 2. The van der Waals surface area contributed by atoms with Gasteiger partial charge in [-0.3, -0.25) is 14.5 Å². The van der Waals surface area contributed by atoms with Crippen LogP contribution in [0.15, 0.2) is 0 Å². The molecule has 1 aliphatic heterocycles. The van der Waals surface area contributed by atoms with Crippen LogP contribution >= 0.6 is 0 Å². The van der Waals surface area contributed by atoms with E-state index in [2.05, 4.69) is 0 Å². The first kappa shape index (κ1) is 9.89. The van der Waals surface area contributed by atoms with Crippen LogP contribution in [-0.4, -0.2) is 29.5 Å². The van der Waals surface area contributed by atoms with E-state index in [1.165, 1.54) is 4.90 Å². The molecule has 1 heterocycles. The quantitative estimate of drug-likeness (QED) is 0.469. The Morgan fingerprint density at radius 3 is 2.38 bits per heavy atom. The number of likely N-dealkylation sites (tertiary alicyclic amines) is 1. The summed E-state index contributed by atoms with van der Waals surface area (Å²) in [5.41, 5.74) is 0. The van der Waals surface area contributed by atoms with Gasteiger partial charge in [0.05, 0.1) is 0 Å². The van der Waals surface area contributed by atoms with Crippen molar-refractivity contribution in [3.63, 3.8) is 0 Å². The van der Waals surface area contributed by atoms with Gasteiger partial charge in [-0.1, -0.05) is 6.92 Å². The minimum Gasteiger partial charge on any atom is -0.303 e. The third kappa shape index (κ3) is 2.37. The highest BCUT2D eigenvalue weighted by atomic mass is 16.2. The monoisotopic (exact) mass is 183 g/mol. The lowest BCUT2D eigenvalue weighted by Gasteiger charge is -2.25. The van der Waals surface area contributed by atoms with Crippen LogP contribution in [0.1, 0.15) is 26.2 Å². The van der Waals surface area contributed by atoms with Gasteiger partial charge in [0.1, 0.15) is 6.29 Å². The first-order valence-electron chi connectivity index (χ1n) is 4.43. The van der Waals surface area contributed by atoms with Crippen LogP contribution in [0.5, 0.6) is 0 Å². The van der Waals surface area contributed by atoms with Gasteiger partial charge in [0, 0.05) is 25.3 Å². The van der Waals surface area contributed by atoms with Crippen LogP contribution in [0.2, 0.25) is 0 Å². The first-order chi connectivity index (χ1) is 6.15. The average molecular weight is 183 g/mol. The lowest BCUT2D eigenvalue weighted by Crippen LogP contribution is -2.42. The second-order valence-corrected chi connectivity index (χ2v) is 3.37. The van der Waals surface area contributed by atoms with Crippen LogP contribution in [0.4, 0.5) is 0 Å². The maximum Gasteiger partial charge on any atom is 0.229 e. The second-order valence-electron chi connectivity index (χ2n) is 3.37. The fourth-order valence-electron chi connectivity index (χ4n) is 1.33. The second kappa shape index (κ2) is 4.16. The van der Waals surface area contributed by atoms with Crippen molar-refractivity contribution in [3.8, 4) is 0 Å². The zero-order valence-corrected chi connectivity index (χ0v) is 7.66. The molecule has 0 bridgehead atoms. The van der Waals surface area contributed by atoms with E-state index in [1.54, 1.807) is 6.92 Å². The molecule has 1 fully saturated rings. The molecule has 1 rings (SSSR count). The predicted molar refractivity (Wildman–Crippen MR) is 45.8 cm³/mol. The number of nitrogens with zero attached hydrogens (tertiary/aromatic N) is 1. The van der Waals surface area contributed by atoms with E-state index in [4.69, 9.17) is 0 Å². The lowest BCUT2D eigenvalue weighted by atomic mass is 10.1. The molecule has 0 aliphatic carbocycles. The predicted octanol–water partition coefficient (Wildman–Crippen LogP) is 0.360. The van der Waals surface area contributed by atoms with E-state index >= 15 is 0 Å². The molecule has 1 atom stereocenters. The molecule has 1 aliphatic rings. The molecule has 4 nitrogen and oxygen atoms in total. The van der Waals surface area contributed by atoms with Gasteiger partial charge in [0.2, 0.25) is 11.8 Å². The Hall–Kier alpha value is -1.19. The molecule has 0 aromatic carbocycles. The number of rotatable bonds is 3. The molecule has 1 unspecified atom stereocenters. The Labute approximate surface area is 76.9 Å². The summed E-state index contributed by atoms with van der Waals surface area (Å²) in [5, 5.41) is 0. The Kier molecular flexibility index (Phi) is 3.17. The number of piperidine rings is 1. The molecule has 2 amide bonds. The number of carbonyl (C=O) groups excluding carboxylic acids is 3. The fraction of sp³-hybridized carbons (Fsp3) is 0.667. The van der Waals surface area contributed by atoms with Gasteiger partial charge in [-0.15, -0.1) is 0 Å². The molecular weight excluding hydrogens is 170 g/mol. The molecular formula is C9H13NO3. The van der Waals surface area contributed by atoms with Crippen LogP contribution in [-0.2, 0) is 14.4 Å². The summed E-state index contributed by atoms with van der Waals surface area (Å²) in [6.45, 7) is 1.93. The molecule has 1 saturated heterocycles. The lowest BCUT2D eigenvalue weighted by molar-refractivity contribution is -0.148. The Balaban J connectivity index is 2.58. The molecule has 4 heteroatoms. The van der Waals surface area contributed by atoms with E-state index in [9.17, 15) is 14.4 Å². The highest BCUT2D eigenvalue weighted by Crippen LogP contribution is 2.13. The molecule has 0 saturated carbocycles. The number of aldehydes is 1. The van der Waals surface area contributed by atoms with Gasteiger partial charge in [-0.2, -0.15) is 0 Å². The highest BCUT2D eigenvalue weighted by molar-refractivity contribution is 5.97. The van der Waals surface area contributed by atoms with Crippen molar-refractivity contribution in [3.05, 3.63) is 0 Å². The van der Waals surface area contributed by atoms with Crippen LogP contribution in [0.25, 0.3) is 0 Å². The molecule has 0 N–H and O–H groups in total. The standard InChI is InChI=1S/C9H13NO3/c1-7(6-11)5-10-8(12)3-2-4-9(10)13/h6-7H,2-5H2,1H3. The maximum atomic E-state index is 11.2. The van der Waals surface area contributed by atoms with Crippen molar-refractivity contribution in [2.45, 2.75) is 26.2 Å². The van der Waals surface area contributed by atoms with Crippen molar-refractivity contribution in [2.75, 3.05) is 6.54 Å². The minimum absolute atomic E-state index is 0.148. The van der Waals surface area contributed by atoms with Crippen molar-refractivity contribution in [1.29, 1.82) is 0 Å². The van der Waals surface area contributed by atoms with Gasteiger partial charge >= 0.3 is 0 Å². The summed E-state index contributed by atoms with van der Waals surface area (Å²) in [6.07, 6.45) is 2.26. The summed E-state index contributed by atoms with van der Waals surface area (Å²) in [6, 6.07) is 0. The van der Waals surface area contributed by atoms with E-state index in [0.29, 0.717) is 19.3 Å². The Morgan fingerprint density at radius 2 is 1.92 bits per heavy atom. The summed E-state index contributed by atoms with van der Waals surface area (Å²) in [4.78, 5) is 34.0. The maximum absolute atomic E-state index is 11.2. The van der Waals surface area contributed by atoms with E-state index in [1.807, 2.05) is 0 Å². The summed E-state index contributed by atoms with van der Waals surface area (Å²) < 4.78 is 0. The summed E-state index contributed by atoms with van der Waals surface area (Å²) in [5.74, 6) is -0.555.